The Morgan fingerprint density at radius 1 is 1.03 bits per heavy atom. The molecule has 0 radical (unpaired) electrons. The summed E-state index contributed by atoms with van der Waals surface area (Å²) in [4.78, 5) is 28.6. The molecule has 2 rings (SSSR count). The van der Waals surface area contributed by atoms with Crippen LogP contribution in [0.15, 0.2) is 71.9 Å². The number of aliphatic hydroxyl groups excluding tert-OH is 1. The minimum atomic E-state index is -0.829. The molecule has 170 valence electrons. The topological polar surface area (TPSA) is 143 Å². The number of hydrogen-bond donors (Lipinski definition) is 6. The summed E-state index contributed by atoms with van der Waals surface area (Å²) in [5.41, 5.74) is 13.4. The zero-order valence-corrected chi connectivity index (χ0v) is 18.5. The monoisotopic (exact) mass is 455 g/mol. The van der Waals surface area contributed by atoms with Crippen molar-refractivity contribution in [2.45, 2.75) is 24.9 Å². The van der Waals surface area contributed by atoms with E-state index >= 15 is 0 Å². The van der Waals surface area contributed by atoms with Crippen molar-refractivity contribution in [2.24, 2.45) is 16.5 Å². The highest BCUT2D eigenvalue weighted by atomic mass is 32.1. The van der Waals surface area contributed by atoms with E-state index in [9.17, 15) is 14.7 Å². The second kappa shape index (κ2) is 13.2. The molecule has 0 unspecified atom stereocenters. The average Bonchev–Trinajstić information content (AvgIpc) is 2.80. The zero-order chi connectivity index (χ0) is 23.3. The summed E-state index contributed by atoms with van der Waals surface area (Å²) < 4.78 is 0. The van der Waals surface area contributed by atoms with Gasteiger partial charge in [0.15, 0.2) is 5.96 Å². The second-order valence-electron chi connectivity index (χ2n) is 7.10. The maximum atomic E-state index is 12.5. The summed E-state index contributed by atoms with van der Waals surface area (Å²) >= 11 is 4.17. The highest BCUT2D eigenvalue weighted by molar-refractivity contribution is 7.80. The number of nitrogens with two attached hydrogens (primary N) is 2. The molecule has 0 saturated carbocycles. The number of nitrogens with zero attached hydrogens (tertiary/aromatic N) is 1. The zero-order valence-electron chi connectivity index (χ0n) is 17.6. The van der Waals surface area contributed by atoms with Gasteiger partial charge in [-0.3, -0.25) is 9.59 Å². The van der Waals surface area contributed by atoms with E-state index in [1.807, 2.05) is 54.6 Å². The van der Waals surface area contributed by atoms with Gasteiger partial charge in [-0.25, -0.2) is 4.99 Å². The Kier molecular flexibility index (Phi) is 10.3. The van der Waals surface area contributed by atoms with Crippen molar-refractivity contribution in [2.75, 3.05) is 12.4 Å². The number of aliphatic imine (C=N–C) groups is 1. The Morgan fingerprint density at radius 2 is 1.69 bits per heavy atom. The molecule has 0 saturated heterocycles. The summed E-state index contributed by atoms with van der Waals surface area (Å²) in [6.45, 7) is -0.279. The predicted molar refractivity (Wildman–Crippen MR) is 130 cm³/mol. The lowest BCUT2D eigenvalue weighted by atomic mass is 10.0. The number of guanidine groups is 1. The van der Waals surface area contributed by atoms with Crippen molar-refractivity contribution in [3.05, 3.63) is 72.4 Å². The molecule has 8 nitrogen and oxygen atoms in total. The van der Waals surface area contributed by atoms with Crippen molar-refractivity contribution >= 4 is 30.4 Å². The molecule has 0 heterocycles. The Hall–Kier alpha value is -3.30. The molecule has 2 aromatic rings. The number of rotatable bonds is 11. The van der Waals surface area contributed by atoms with E-state index in [1.54, 1.807) is 6.08 Å². The first-order chi connectivity index (χ1) is 15.4. The Bertz CT molecular complexity index is 928. The number of nitrogens with one attached hydrogen (secondary N) is 2. The third kappa shape index (κ3) is 8.44. The minimum Gasteiger partial charge on any atom is -0.394 e. The molecule has 2 aromatic carbocycles. The first-order valence-corrected chi connectivity index (χ1v) is 10.8. The van der Waals surface area contributed by atoms with Crippen molar-refractivity contribution in [1.82, 2.24) is 10.6 Å². The number of carbonyl (C=O) groups is 2. The van der Waals surface area contributed by atoms with Gasteiger partial charge in [0.25, 0.3) is 0 Å². The Balaban J connectivity index is 1.88. The second-order valence-corrected chi connectivity index (χ2v) is 7.47. The van der Waals surface area contributed by atoms with E-state index in [0.717, 1.165) is 16.7 Å². The van der Waals surface area contributed by atoms with E-state index in [0.29, 0.717) is 6.42 Å². The SMILES string of the molecule is NC(N)=N/C=C\C[C@H](CO)NC(=O)[C@H](CS)NC(=O)Cc1ccc(-c2ccccc2)cc1. The number of benzene rings is 2. The molecule has 0 aromatic heterocycles. The van der Waals surface area contributed by atoms with Gasteiger partial charge in [0.2, 0.25) is 11.8 Å². The van der Waals surface area contributed by atoms with Crippen LogP contribution in [-0.4, -0.2) is 47.3 Å². The molecule has 2 amide bonds. The van der Waals surface area contributed by atoms with Crippen LogP contribution in [-0.2, 0) is 16.0 Å². The third-order valence-corrected chi connectivity index (χ3v) is 4.94. The van der Waals surface area contributed by atoms with Crippen LogP contribution in [0.1, 0.15) is 12.0 Å². The molecular formula is C23H29N5O3S. The van der Waals surface area contributed by atoms with Crippen LogP contribution in [0, 0.1) is 0 Å². The number of amides is 2. The summed E-state index contributed by atoms with van der Waals surface area (Å²) in [6, 6.07) is 16.3. The number of carbonyl (C=O) groups excluding carboxylic acids is 2. The van der Waals surface area contributed by atoms with Crippen molar-refractivity contribution in [3.8, 4) is 11.1 Å². The van der Waals surface area contributed by atoms with Crippen molar-refractivity contribution < 1.29 is 14.7 Å². The van der Waals surface area contributed by atoms with Gasteiger partial charge in [0, 0.05) is 12.0 Å². The fourth-order valence-electron chi connectivity index (χ4n) is 2.92. The molecule has 0 spiro atoms. The molecule has 0 aliphatic rings. The molecule has 9 heteroatoms. The quantitative estimate of drug-likeness (QED) is 0.170. The van der Waals surface area contributed by atoms with Gasteiger partial charge >= 0.3 is 0 Å². The van der Waals surface area contributed by atoms with Crippen LogP contribution >= 0.6 is 12.6 Å². The lowest BCUT2D eigenvalue weighted by Gasteiger charge is -2.20. The van der Waals surface area contributed by atoms with Gasteiger partial charge in [-0.15, -0.1) is 0 Å². The van der Waals surface area contributed by atoms with E-state index in [4.69, 9.17) is 11.5 Å². The van der Waals surface area contributed by atoms with Crippen LogP contribution < -0.4 is 22.1 Å². The van der Waals surface area contributed by atoms with Crippen LogP contribution in [0.4, 0.5) is 0 Å². The van der Waals surface area contributed by atoms with E-state index in [1.165, 1.54) is 6.20 Å². The van der Waals surface area contributed by atoms with Crippen LogP contribution in [0.25, 0.3) is 11.1 Å². The molecular weight excluding hydrogens is 426 g/mol. The summed E-state index contributed by atoms with van der Waals surface area (Å²) in [6.07, 6.45) is 3.47. The van der Waals surface area contributed by atoms with Crippen molar-refractivity contribution in [1.29, 1.82) is 0 Å². The van der Waals surface area contributed by atoms with E-state index in [-0.39, 0.29) is 30.6 Å². The van der Waals surface area contributed by atoms with Gasteiger partial charge in [-0.05, 0) is 23.1 Å². The van der Waals surface area contributed by atoms with Gasteiger partial charge in [0.1, 0.15) is 6.04 Å². The molecule has 32 heavy (non-hydrogen) atoms. The van der Waals surface area contributed by atoms with Gasteiger partial charge < -0.3 is 27.2 Å². The largest absolute Gasteiger partial charge is 0.394 e. The fraction of sp³-hybridized carbons (Fsp3) is 0.261. The highest BCUT2D eigenvalue weighted by Crippen LogP contribution is 2.19. The van der Waals surface area contributed by atoms with E-state index < -0.39 is 18.0 Å². The maximum Gasteiger partial charge on any atom is 0.243 e. The van der Waals surface area contributed by atoms with Gasteiger partial charge in [0.05, 0.1) is 19.1 Å². The molecule has 0 aliphatic carbocycles. The normalized spacial score (nSPS) is 12.7. The van der Waals surface area contributed by atoms with E-state index in [2.05, 4.69) is 28.3 Å². The van der Waals surface area contributed by atoms with Crippen LogP contribution in [0.2, 0.25) is 0 Å². The first-order valence-electron chi connectivity index (χ1n) is 10.1. The number of aliphatic hydroxyl groups is 1. The third-order valence-electron chi connectivity index (χ3n) is 4.58. The minimum absolute atomic E-state index is 0.0848. The van der Waals surface area contributed by atoms with Gasteiger partial charge in [-0.2, -0.15) is 12.6 Å². The van der Waals surface area contributed by atoms with Gasteiger partial charge in [-0.1, -0.05) is 60.7 Å². The first kappa shape index (κ1) is 25.0. The molecule has 0 aliphatic heterocycles. The predicted octanol–water partition coefficient (Wildman–Crippen LogP) is 0.965. The lowest BCUT2D eigenvalue weighted by molar-refractivity contribution is -0.128. The molecule has 7 N–H and O–H groups in total. The molecule has 0 bridgehead atoms. The standard InChI is InChI=1S/C23H29N5O3S/c24-23(25)26-12-4-7-19(14-29)27-22(31)20(15-32)28-21(30)13-16-8-10-18(11-9-16)17-5-2-1-3-6-17/h1-6,8-12,19-20,29,32H,7,13-15H2,(H,27,31)(H,28,30)(H4,24,25,26)/b12-4-/t19-,20+/m1/s1. The summed E-state index contributed by atoms with van der Waals surface area (Å²) in [7, 11) is 0. The number of hydrogen-bond acceptors (Lipinski definition) is 5. The maximum absolute atomic E-state index is 12.5. The Labute approximate surface area is 193 Å². The Morgan fingerprint density at radius 3 is 2.28 bits per heavy atom. The van der Waals surface area contributed by atoms with Crippen LogP contribution in [0.5, 0.6) is 0 Å². The highest BCUT2D eigenvalue weighted by Gasteiger charge is 2.21. The molecule has 2 atom stereocenters. The lowest BCUT2D eigenvalue weighted by Crippen LogP contribution is -2.51. The number of thiol groups is 1. The molecule has 0 fully saturated rings. The fourth-order valence-corrected chi connectivity index (χ4v) is 3.17. The smallest absolute Gasteiger partial charge is 0.243 e. The van der Waals surface area contributed by atoms with Crippen molar-refractivity contribution in [3.63, 3.8) is 0 Å². The summed E-state index contributed by atoms with van der Waals surface area (Å²) in [5.74, 6) is -0.688. The average molecular weight is 456 g/mol. The van der Waals surface area contributed by atoms with Crippen LogP contribution in [0.3, 0.4) is 0 Å². The summed E-state index contributed by atoms with van der Waals surface area (Å²) in [5, 5.41) is 14.9.